The standard InChI is InChI=1S/C14H22N2O4S/c1-19-14-6-5-13(8-11(14)9-15)21(17,18)16-10-12-4-2-3-7-20-12/h5-6,8,12,16H,2-4,7,9-10,15H2,1H3. The Morgan fingerprint density at radius 2 is 2.24 bits per heavy atom. The second-order valence-corrected chi connectivity index (χ2v) is 6.79. The Balaban J connectivity index is 2.07. The molecule has 0 aliphatic carbocycles. The van der Waals surface area contributed by atoms with Gasteiger partial charge < -0.3 is 15.2 Å². The first-order valence-electron chi connectivity index (χ1n) is 7.05. The number of ether oxygens (including phenoxy) is 2. The highest BCUT2D eigenvalue weighted by Gasteiger charge is 2.20. The van der Waals surface area contributed by atoms with E-state index >= 15 is 0 Å². The Morgan fingerprint density at radius 1 is 1.43 bits per heavy atom. The zero-order valence-electron chi connectivity index (χ0n) is 12.2. The van der Waals surface area contributed by atoms with Crippen molar-refractivity contribution in [2.45, 2.75) is 36.8 Å². The number of hydrogen-bond acceptors (Lipinski definition) is 5. The number of sulfonamides is 1. The molecule has 0 aromatic heterocycles. The molecule has 21 heavy (non-hydrogen) atoms. The molecular formula is C14H22N2O4S. The minimum absolute atomic E-state index is 0.0410. The molecule has 1 heterocycles. The third-order valence-corrected chi connectivity index (χ3v) is 4.98. The number of rotatable bonds is 6. The van der Waals surface area contributed by atoms with Crippen LogP contribution in [0.3, 0.4) is 0 Å². The molecule has 2 rings (SSSR count). The summed E-state index contributed by atoms with van der Waals surface area (Å²) >= 11 is 0. The second-order valence-electron chi connectivity index (χ2n) is 5.02. The largest absolute Gasteiger partial charge is 0.496 e. The number of hydrogen-bond donors (Lipinski definition) is 2. The van der Waals surface area contributed by atoms with Gasteiger partial charge in [-0.3, -0.25) is 0 Å². The van der Waals surface area contributed by atoms with Crippen molar-refractivity contribution < 1.29 is 17.9 Å². The number of nitrogens with two attached hydrogens (primary N) is 1. The zero-order valence-corrected chi connectivity index (χ0v) is 13.0. The summed E-state index contributed by atoms with van der Waals surface area (Å²) in [6.07, 6.45) is 2.97. The van der Waals surface area contributed by atoms with Crippen LogP contribution in [0.1, 0.15) is 24.8 Å². The first-order chi connectivity index (χ1) is 10.1. The van der Waals surface area contributed by atoms with Gasteiger partial charge in [0.1, 0.15) is 5.75 Å². The molecule has 1 saturated heterocycles. The van der Waals surface area contributed by atoms with Crippen molar-refractivity contribution in [2.24, 2.45) is 5.73 Å². The molecule has 6 nitrogen and oxygen atoms in total. The van der Waals surface area contributed by atoms with Gasteiger partial charge in [-0.25, -0.2) is 13.1 Å². The summed E-state index contributed by atoms with van der Waals surface area (Å²) in [5.74, 6) is 0.590. The average Bonchev–Trinajstić information content (AvgIpc) is 2.53. The highest BCUT2D eigenvalue weighted by atomic mass is 32.2. The maximum atomic E-state index is 12.3. The van der Waals surface area contributed by atoms with Crippen molar-refractivity contribution in [3.05, 3.63) is 23.8 Å². The fraction of sp³-hybridized carbons (Fsp3) is 0.571. The van der Waals surface area contributed by atoms with Crippen LogP contribution >= 0.6 is 0 Å². The van der Waals surface area contributed by atoms with Crippen LogP contribution in [0.2, 0.25) is 0 Å². The first-order valence-corrected chi connectivity index (χ1v) is 8.53. The fourth-order valence-corrected chi connectivity index (χ4v) is 3.45. The van der Waals surface area contributed by atoms with E-state index in [0.717, 1.165) is 19.3 Å². The molecule has 0 spiro atoms. The van der Waals surface area contributed by atoms with Crippen LogP contribution in [0, 0.1) is 0 Å². The minimum atomic E-state index is -3.56. The van der Waals surface area contributed by atoms with Crippen LogP contribution < -0.4 is 15.2 Å². The van der Waals surface area contributed by atoms with E-state index in [1.165, 1.54) is 13.2 Å². The topological polar surface area (TPSA) is 90.7 Å². The lowest BCUT2D eigenvalue weighted by atomic mass is 10.1. The van der Waals surface area contributed by atoms with Crippen molar-refractivity contribution in [3.8, 4) is 5.75 Å². The summed E-state index contributed by atoms with van der Waals surface area (Å²) < 4.78 is 37.9. The van der Waals surface area contributed by atoms with E-state index in [-0.39, 0.29) is 17.5 Å². The molecule has 1 atom stereocenters. The minimum Gasteiger partial charge on any atom is -0.496 e. The second kappa shape index (κ2) is 7.22. The zero-order chi connectivity index (χ0) is 15.3. The molecule has 1 fully saturated rings. The van der Waals surface area contributed by atoms with Gasteiger partial charge in [0, 0.05) is 25.3 Å². The van der Waals surface area contributed by atoms with Gasteiger partial charge in [-0.2, -0.15) is 0 Å². The Morgan fingerprint density at radius 3 is 2.86 bits per heavy atom. The smallest absolute Gasteiger partial charge is 0.240 e. The monoisotopic (exact) mass is 314 g/mol. The fourth-order valence-electron chi connectivity index (χ4n) is 2.34. The molecule has 0 radical (unpaired) electrons. The first kappa shape index (κ1) is 16.2. The third kappa shape index (κ3) is 4.16. The van der Waals surface area contributed by atoms with E-state index in [1.54, 1.807) is 12.1 Å². The summed E-state index contributed by atoms with van der Waals surface area (Å²) in [7, 11) is -2.03. The van der Waals surface area contributed by atoms with Crippen molar-refractivity contribution in [1.82, 2.24) is 4.72 Å². The molecule has 1 unspecified atom stereocenters. The van der Waals surface area contributed by atoms with Gasteiger partial charge in [0.25, 0.3) is 0 Å². The normalized spacial score (nSPS) is 19.4. The predicted molar refractivity (Wildman–Crippen MR) is 79.7 cm³/mol. The van der Waals surface area contributed by atoms with Crippen molar-refractivity contribution in [1.29, 1.82) is 0 Å². The predicted octanol–water partition coefficient (Wildman–Crippen LogP) is 1.00. The van der Waals surface area contributed by atoms with Crippen LogP contribution in [0.15, 0.2) is 23.1 Å². The Hall–Kier alpha value is -1.15. The van der Waals surface area contributed by atoms with Crippen molar-refractivity contribution >= 4 is 10.0 Å². The lowest BCUT2D eigenvalue weighted by Gasteiger charge is -2.22. The van der Waals surface area contributed by atoms with Gasteiger partial charge in [-0.15, -0.1) is 0 Å². The molecule has 7 heteroatoms. The summed E-state index contributed by atoms with van der Waals surface area (Å²) in [5, 5.41) is 0. The van der Waals surface area contributed by atoms with E-state index < -0.39 is 10.0 Å². The molecule has 118 valence electrons. The summed E-state index contributed by atoms with van der Waals surface area (Å²) in [5.41, 5.74) is 6.28. The lowest BCUT2D eigenvalue weighted by molar-refractivity contribution is 0.0200. The molecular weight excluding hydrogens is 292 g/mol. The van der Waals surface area contributed by atoms with E-state index in [1.807, 2.05) is 0 Å². The molecule has 1 aliphatic heterocycles. The number of methoxy groups -OCH3 is 1. The molecule has 1 aliphatic rings. The molecule has 0 bridgehead atoms. The Bertz CT molecular complexity index is 568. The Kier molecular flexibility index (Phi) is 5.58. The molecule has 0 saturated carbocycles. The number of benzene rings is 1. The van der Waals surface area contributed by atoms with E-state index in [0.29, 0.717) is 24.5 Å². The highest BCUT2D eigenvalue weighted by molar-refractivity contribution is 7.89. The van der Waals surface area contributed by atoms with Crippen LogP contribution in [0.5, 0.6) is 5.75 Å². The summed E-state index contributed by atoms with van der Waals surface area (Å²) in [4.78, 5) is 0.194. The van der Waals surface area contributed by atoms with Gasteiger partial charge >= 0.3 is 0 Å². The van der Waals surface area contributed by atoms with E-state index in [9.17, 15) is 8.42 Å². The van der Waals surface area contributed by atoms with Crippen molar-refractivity contribution in [3.63, 3.8) is 0 Å². The van der Waals surface area contributed by atoms with Crippen LogP contribution in [-0.2, 0) is 21.3 Å². The van der Waals surface area contributed by atoms with Gasteiger partial charge in [0.05, 0.1) is 18.1 Å². The quantitative estimate of drug-likeness (QED) is 0.817. The molecule has 0 amide bonds. The van der Waals surface area contributed by atoms with Gasteiger partial charge in [0.15, 0.2) is 0 Å². The van der Waals surface area contributed by atoms with E-state index in [4.69, 9.17) is 15.2 Å². The van der Waals surface area contributed by atoms with Gasteiger partial charge in [-0.05, 0) is 37.5 Å². The number of nitrogens with one attached hydrogen (secondary N) is 1. The van der Waals surface area contributed by atoms with Gasteiger partial charge in [-0.1, -0.05) is 0 Å². The molecule has 1 aromatic rings. The third-order valence-electron chi connectivity index (χ3n) is 3.56. The van der Waals surface area contributed by atoms with Crippen molar-refractivity contribution in [2.75, 3.05) is 20.3 Å². The SMILES string of the molecule is COc1ccc(S(=O)(=O)NCC2CCCCO2)cc1CN. The summed E-state index contributed by atoms with van der Waals surface area (Å²) in [6, 6.07) is 4.68. The summed E-state index contributed by atoms with van der Waals surface area (Å²) in [6.45, 7) is 1.22. The molecule has 1 aromatic carbocycles. The van der Waals surface area contributed by atoms with Crippen LogP contribution in [0.4, 0.5) is 0 Å². The maximum Gasteiger partial charge on any atom is 0.240 e. The molecule has 3 N–H and O–H groups in total. The van der Waals surface area contributed by atoms with Crippen LogP contribution in [0.25, 0.3) is 0 Å². The average molecular weight is 314 g/mol. The van der Waals surface area contributed by atoms with Gasteiger partial charge in [0.2, 0.25) is 10.0 Å². The lowest BCUT2D eigenvalue weighted by Crippen LogP contribution is -2.35. The highest BCUT2D eigenvalue weighted by Crippen LogP contribution is 2.22. The van der Waals surface area contributed by atoms with Crippen LogP contribution in [-0.4, -0.2) is 34.8 Å². The van der Waals surface area contributed by atoms with E-state index in [2.05, 4.69) is 4.72 Å². The Labute approximate surface area is 125 Å². The maximum absolute atomic E-state index is 12.3.